The summed E-state index contributed by atoms with van der Waals surface area (Å²) in [6, 6.07) is 0. The number of esters is 3. The topological polar surface area (TPSA) is 96.0 Å². The van der Waals surface area contributed by atoms with Crippen LogP contribution in [-0.4, -0.2) is 35.6 Å². The van der Waals surface area contributed by atoms with Gasteiger partial charge in [0.15, 0.2) is 5.78 Å². The zero-order chi connectivity index (χ0) is 14.1. The van der Waals surface area contributed by atoms with Gasteiger partial charge in [-0.1, -0.05) is 6.92 Å². The van der Waals surface area contributed by atoms with Crippen LogP contribution in [0, 0.1) is 5.92 Å². The molecule has 1 rings (SSSR count). The lowest BCUT2D eigenvalue weighted by Crippen LogP contribution is -2.51. The van der Waals surface area contributed by atoms with Crippen LogP contribution >= 0.6 is 0 Å². The molecule has 7 heteroatoms. The second-order valence-corrected chi connectivity index (χ2v) is 4.06. The Morgan fingerprint density at radius 1 is 1.17 bits per heavy atom. The molecule has 0 saturated carbocycles. The molecule has 1 saturated heterocycles. The molecule has 0 aromatic heterocycles. The first kappa shape index (κ1) is 14.1. The SMILES string of the molecule is CC(=O)O[C@@H]1OC(=O)[C@@](OC(C)=O)(C(C)=O)[C@@H]1C. The van der Waals surface area contributed by atoms with Crippen molar-refractivity contribution >= 4 is 23.7 Å². The fourth-order valence-electron chi connectivity index (χ4n) is 1.86. The van der Waals surface area contributed by atoms with Gasteiger partial charge in [-0.2, -0.15) is 0 Å². The van der Waals surface area contributed by atoms with Gasteiger partial charge in [-0.15, -0.1) is 0 Å². The number of carbonyl (C=O) groups is 4. The summed E-state index contributed by atoms with van der Waals surface area (Å²) in [4.78, 5) is 45.3. The maximum atomic E-state index is 11.8. The average Bonchev–Trinajstić information content (AvgIpc) is 2.42. The molecule has 0 radical (unpaired) electrons. The number of hydrogen-bond acceptors (Lipinski definition) is 7. The maximum absolute atomic E-state index is 11.8. The zero-order valence-corrected chi connectivity index (χ0v) is 10.5. The molecule has 1 aliphatic rings. The highest BCUT2D eigenvalue weighted by atomic mass is 16.7. The molecular formula is C11H14O7. The molecule has 0 aliphatic carbocycles. The third-order valence-corrected chi connectivity index (χ3v) is 2.69. The highest BCUT2D eigenvalue weighted by molar-refractivity contribution is 6.09. The number of cyclic esters (lactones) is 1. The van der Waals surface area contributed by atoms with Crippen LogP contribution in [0.4, 0.5) is 0 Å². The molecule has 3 atom stereocenters. The largest absolute Gasteiger partial charge is 0.438 e. The van der Waals surface area contributed by atoms with E-state index in [0.29, 0.717) is 0 Å². The van der Waals surface area contributed by atoms with Crippen molar-refractivity contribution in [1.29, 1.82) is 0 Å². The minimum absolute atomic E-state index is 0.665. The van der Waals surface area contributed by atoms with Crippen molar-refractivity contribution in [2.45, 2.75) is 39.6 Å². The van der Waals surface area contributed by atoms with Gasteiger partial charge in [0.2, 0.25) is 0 Å². The maximum Gasteiger partial charge on any atom is 0.362 e. The smallest absolute Gasteiger partial charge is 0.362 e. The summed E-state index contributed by atoms with van der Waals surface area (Å²) in [5.74, 6) is -4.07. The van der Waals surface area contributed by atoms with Crippen molar-refractivity contribution in [3.63, 3.8) is 0 Å². The summed E-state index contributed by atoms with van der Waals surface area (Å²) in [5.41, 5.74) is -2.04. The molecule has 0 N–H and O–H groups in total. The molecule has 0 amide bonds. The summed E-state index contributed by atoms with van der Waals surface area (Å²) in [7, 11) is 0. The Morgan fingerprint density at radius 3 is 2.11 bits per heavy atom. The van der Waals surface area contributed by atoms with E-state index < -0.39 is 41.5 Å². The molecule has 0 aromatic carbocycles. The summed E-state index contributed by atoms with van der Waals surface area (Å²) in [5, 5.41) is 0. The Hall–Kier alpha value is -1.92. The number of hydrogen-bond donors (Lipinski definition) is 0. The van der Waals surface area contributed by atoms with Crippen LogP contribution in [0.2, 0.25) is 0 Å². The van der Waals surface area contributed by atoms with Gasteiger partial charge in [-0.05, 0) is 6.92 Å². The van der Waals surface area contributed by atoms with E-state index in [1.54, 1.807) is 0 Å². The van der Waals surface area contributed by atoms with Crippen LogP contribution in [0.3, 0.4) is 0 Å². The van der Waals surface area contributed by atoms with Crippen LogP contribution < -0.4 is 0 Å². The minimum Gasteiger partial charge on any atom is -0.438 e. The second-order valence-electron chi connectivity index (χ2n) is 4.06. The molecule has 0 aromatic rings. The fraction of sp³-hybridized carbons (Fsp3) is 0.636. The molecule has 18 heavy (non-hydrogen) atoms. The van der Waals surface area contributed by atoms with E-state index in [0.717, 1.165) is 20.8 Å². The predicted octanol–water partition coefficient (Wildman–Crippen LogP) is -0.0406. The van der Waals surface area contributed by atoms with Crippen molar-refractivity contribution in [2.75, 3.05) is 0 Å². The quantitative estimate of drug-likeness (QED) is 0.517. The third-order valence-electron chi connectivity index (χ3n) is 2.69. The molecular weight excluding hydrogens is 244 g/mol. The van der Waals surface area contributed by atoms with E-state index in [4.69, 9.17) is 14.2 Å². The monoisotopic (exact) mass is 258 g/mol. The van der Waals surface area contributed by atoms with Gasteiger partial charge in [0.05, 0.1) is 5.92 Å². The van der Waals surface area contributed by atoms with Gasteiger partial charge < -0.3 is 14.2 Å². The Labute approximate surface area is 103 Å². The lowest BCUT2D eigenvalue weighted by Gasteiger charge is -2.26. The van der Waals surface area contributed by atoms with Gasteiger partial charge in [-0.3, -0.25) is 14.4 Å². The predicted molar refractivity (Wildman–Crippen MR) is 56.0 cm³/mol. The van der Waals surface area contributed by atoms with Gasteiger partial charge in [-0.25, -0.2) is 4.79 Å². The summed E-state index contributed by atoms with van der Waals surface area (Å²) >= 11 is 0. The Kier molecular flexibility index (Phi) is 3.73. The first-order valence-electron chi connectivity index (χ1n) is 5.30. The summed E-state index contributed by atoms with van der Waals surface area (Å²) in [6.07, 6.45) is -1.24. The number of rotatable bonds is 3. The molecule has 1 aliphatic heterocycles. The van der Waals surface area contributed by atoms with Crippen molar-refractivity contribution in [2.24, 2.45) is 5.92 Å². The van der Waals surface area contributed by atoms with Crippen LogP contribution in [0.1, 0.15) is 27.7 Å². The molecule has 0 bridgehead atoms. The first-order valence-corrected chi connectivity index (χ1v) is 5.30. The highest BCUT2D eigenvalue weighted by Crippen LogP contribution is 2.37. The Bertz CT molecular complexity index is 414. The van der Waals surface area contributed by atoms with Gasteiger partial charge >= 0.3 is 17.9 Å². The Balaban J connectivity index is 3.11. The van der Waals surface area contributed by atoms with E-state index in [9.17, 15) is 19.2 Å². The van der Waals surface area contributed by atoms with Gasteiger partial charge in [0, 0.05) is 13.8 Å². The van der Waals surface area contributed by atoms with E-state index in [2.05, 4.69) is 0 Å². The highest BCUT2D eigenvalue weighted by Gasteiger charge is 2.63. The molecule has 0 unspecified atom stereocenters. The number of ether oxygens (including phenoxy) is 3. The van der Waals surface area contributed by atoms with Crippen molar-refractivity contribution in [3.05, 3.63) is 0 Å². The Morgan fingerprint density at radius 2 is 1.72 bits per heavy atom. The van der Waals surface area contributed by atoms with Gasteiger partial charge in [0.25, 0.3) is 11.9 Å². The first-order chi connectivity index (χ1) is 8.21. The van der Waals surface area contributed by atoms with E-state index >= 15 is 0 Å². The summed E-state index contributed by atoms with van der Waals surface area (Å²) < 4.78 is 14.4. The number of ketones is 1. The molecule has 100 valence electrons. The van der Waals surface area contributed by atoms with Crippen molar-refractivity contribution < 1.29 is 33.4 Å². The van der Waals surface area contributed by atoms with Crippen LogP contribution in [0.25, 0.3) is 0 Å². The summed E-state index contributed by atoms with van der Waals surface area (Å²) in [6.45, 7) is 4.75. The molecule has 1 fully saturated rings. The lowest BCUT2D eigenvalue weighted by molar-refractivity contribution is -0.180. The van der Waals surface area contributed by atoms with Gasteiger partial charge in [0.1, 0.15) is 0 Å². The van der Waals surface area contributed by atoms with Crippen molar-refractivity contribution in [3.8, 4) is 0 Å². The average molecular weight is 258 g/mol. The van der Waals surface area contributed by atoms with Crippen molar-refractivity contribution in [1.82, 2.24) is 0 Å². The van der Waals surface area contributed by atoms with Crippen LogP contribution in [-0.2, 0) is 33.4 Å². The normalized spacial score (nSPS) is 30.6. The number of Topliss-reactive ketones (excluding diaryl/α,β-unsaturated/α-hetero) is 1. The standard InChI is InChI=1S/C11H14O7/c1-5-9(16-7(3)13)17-10(15)11(5,6(2)12)18-8(4)14/h5,9H,1-4H3/t5-,9-,11+/m1/s1. The fourth-order valence-corrected chi connectivity index (χ4v) is 1.86. The minimum atomic E-state index is -2.04. The van der Waals surface area contributed by atoms with E-state index in [1.165, 1.54) is 6.92 Å². The zero-order valence-electron chi connectivity index (χ0n) is 10.5. The van der Waals surface area contributed by atoms with E-state index in [1.807, 2.05) is 0 Å². The van der Waals surface area contributed by atoms with Crippen LogP contribution in [0.15, 0.2) is 0 Å². The molecule has 1 heterocycles. The second kappa shape index (κ2) is 4.75. The lowest BCUT2D eigenvalue weighted by atomic mass is 9.87. The molecule has 0 spiro atoms. The van der Waals surface area contributed by atoms with E-state index in [-0.39, 0.29) is 0 Å². The number of carbonyl (C=O) groups excluding carboxylic acids is 4. The third kappa shape index (κ3) is 2.20. The van der Waals surface area contributed by atoms with Crippen LogP contribution in [0.5, 0.6) is 0 Å². The molecule has 7 nitrogen and oxygen atoms in total.